The lowest BCUT2D eigenvalue weighted by Crippen LogP contribution is -2.30. The average Bonchev–Trinajstić information content (AvgIpc) is 0.961. The molecule has 0 aliphatic carbocycles. The minimum Gasteiger partial charge on any atom is -0.462 e. The monoisotopic (exact) mass is 1510 g/mol. The molecule has 0 aliphatic heterocycles. The van der Waals surface area contributed by atoms with Gasteiger partial charge in [-0.2, -0.15) is 0 Å². The number of ether oxygens (including phenoxy) is 4. The average molecular weight is 1510 g/mol. The second-order valence-corrected chi connectivity index (χ2v) is 34.1. The van der Waals surface area contributed by atoms with E-state index in [1.165, 1.54) is 250 Å². The predicted octanol–water partition coefficient (Wildman–Crippen LogP) is 25.5. The Morgan fingerprint density at radius 2 is 0.447 bits per heavy atom. The molecule has 2 unspecified atom stereocenters. The Bertz CT molecular complexity index is 1980. The molecule has 0 heterocycles. The van der Waals surface area contributed by atoms with Crippen LogP contribution in [0, 0.1) is 11.8 Å². The van der Waals surface area contributed by atoms with Crippen LogP contribution in [0.1, 0.15) is 446 Å². The van der Waals surface area contributed by atoms with Crippen molar-refractivity contribution in [2.45, 2.75) is 464 Å². The summed E-state index contributed by atoms with van der Waals surface area (Å²) in [5.74, 6) is -0.525. The number of aliphatic hydroxyl groups is 1. The van der Waals surface area contributed by atoms with Gasteiger partial charge in [0.15, 0.2) is 12.2 Å². The van der Waals surface area contributed by atoms with Gasteiger partial charge < -0.3 is 33.8 Å². The van der Waals surface area contributed by atoms with Gasteiger partial charge in [-0.25, -0.2) is 9.13 Å². The molecule has 17 nitrogen and oxygen atoms in total. The van der Waals surface area contributed by atoms with E-state index in [0.29, 0.717) is 25.7 Å². The lowest BCUT2D eigenvalue weighted by molar-refractivity contribution is -0.161. The number of esters is 4. The normalized spacial score (nSPS) is 13.9. The summed E-state index contributed by atoms with van der Waals surface area (Å²) in [5, 5.41) is 10.6. The predicted molar refractivity (Wildman–Crippen MR) is 423 cm³/mol. The van der Waals surface area contributed by atoms with Crippen molar-refractivity contribution in [2.75, 3.05) is 39.6 Å². The third-order valence-electron chi connectivity index (χ3n) is 19.7. The molecule has 19 heteroatoms. The SMILES string of the molecule is CCCCCCCCCCCCCCCCCCCCCCCC(=O)OC[C@H](COP(=O)(O)OC[C@@H](O)COP(=O)(O)OC[C@@H](COC(=O)CCCCCCCCC)OC(=O)CCCCCCCCCCCCCC(C)C)OC(=O)CCCCCCCCCCCCCCCCCCCCC(C)C. The summed E-state index contributed by atoms with van der Waals surface area (Å²) in [5.41, 5.74) is 0. The topological polar surface area (TPSA) is 237 Å². The fourth-order valence-corrected chi connectivity index (χ4v) is 14.6. The lowest BCUT2D eigenvalue weighted by atomic mass is 10.0. The van der Waals surface area contributed by atoms with Crippen LogP contribution in [-0.2, 0) is 65.4 Å². The van der Waals surface area contributed by atoms with Crippen molar-refractivity contribution >= 4 is 39.5 Å². The van der Waals surface area contributed by atoms with Crippen LogP contribution in [0.2, 0.25) is 0 Å². The van der Waals surface area contributed by atoms with Crippen LogP contribution >= 0.6 is 15.6 Å². The van der Waals surface area contributed by atoms with E-state index >= 15 is 0 Å². The Morgan fingerprint density at radius 1 is 0.262 bits per heavy atom. The molecule has 0 aromatic carbocycles. The van der Waals surface area contributed by atoms with Crippen molar-refractivity contribution in [1.82, 2.24) is 0 Å². The molecule has 3 N–H and O–H groups in total. The van der Waals surface area contributed by atoms with Crippen molar-refractivity contribution in [3.8, 4) is 0 Å². The molecule has 0 fully saturated rings. The van der Waals surface area contributed by atoms with E-state index in [4.69, 9.17) is 37.0 Å². The van der Waals surface area contributed by atoms with E-state index in [0.717, 1.165) is 115 Å². The molecule has 0 bridgehead atoms. The second-order valence-electron chi connectivity index (χ2n) is 31.2. The molecule has 0 saturated heterocycles. The molecule has 0 rings (SSSR count). The first-order valence-electron chi connectivity index (χ1n) is 43.5. The Labute approximate surface area is 632 Å². The van der Waals surface area contributed by atoms with Crippen molar-refractivity contribution < 1.29 is 80.2 Å². The van der Waals surface area contributed by atoms with Crippen molar-refractivity contribution in [3.63, 3.8) is 0 Å². The first kappa shape index (κ1) is 101. The number of aliphatic hydroxyl groups excluding tert-OH is 1. The zero-order valence-corrected chi connectivity index (χ0v) is 69.4. The minimum atomic E-state index is -4.96. The van der Waals surface area contributed by atoms with Gasteiger partial charge in [0.25, 0.3) is 0 Å². The molecular formula is C84H164O17P2. The second kappa shape index (κ2) is 75.5. The zero-order chi connectivity index (χ0) is 75.6. The van der Waals surface area contributed by atoms with E-state index in [1.54, 1.807) is 0 Å². The molecule has 0 radical (unpaired) electrons. The molecule has 0 aromatic heterocycles. The maximum absolute atomic E-state index is 13.1. The van der Waals surface area contributed by atoms with Gasteiger partial charge in [0.05, 0.1) is 26.4 Å². The van der Waals surface area contributed by atoms with Gasteiger partial charge in [-0.15, -0.1) is 0 Å². The summed E-state index contributed by atoms with van der Waals surface area (Å²) in [6.07, 6.45) is 67.0. The summed E-state index contributed by atoms with van der Waals surface area (Å²) in [4.78, 5) is 73.0. The van der Waals surface area contributed by atoms with E-state index in [2.05, 4.69) is 41.5 Å². The van der Waals surface area contributed by atoms with Gasteiger partial charge in [0.2, 0.25) is 0 Å². The van der Waals surface area contributed by atoms with Crippen LogP contribution in [0.5, 0.6) is 0 Å². The highest BCUT2D eigenvalue weighted by Gasteiger charge is 2.30. The van der Waals surface area contributed by atoms with Gasteiger partial charge in [-0.05, 0) is 37.5 Å². The Balaban J connectivity index is 5.15. The third kappa shape index (κ3) is 78.0. The van der Waals surface area contributed by atoms with E-state index in [9.17, 15) is 43.2 Å². The molecule has 0 spiro atoms. The van der Waals surface area contributed by atoms with E-state index in [1.807, 2.05) is 0 Å². The van der Waals surface area contributed by atoms with Crippen LogP contribution in [-0.4, -0.2) is 96.7 Å². The standard InChI is InChI=1S/C84H164O17P2/c1-7-9-11-13-15-16-17-18-19-20-21-22-23-27-30-33-38-43-49-55-61-67-82(87)95-73-80(101-83(88)68-62-56-50-44-39-34-31-28-25-24-26-29-32-36-41-47-52-58-64-76(3)4)75-99-103(92,93)97-71-78(85)70-96-102(90,91)98-74-79(72-94-81(86)66-60-54-46-14-12-10-8-2)100-84(89)69-63-57-51-45-40-35-37-42-48-53-59-65-77(5)6/h76-80,85H,7-75H2,1-6H3,(H,90,91)(H,92,93)/t78-,79+,80+/m0/s1. The minimum absolute atomic E-state index is 0.106. The summed E-state index contributed by atoms with van der Waals surface area (Å²) in [6, 6.07) is 0. The van der Waals surface area contributed by atoms with Crippen LogP contribution < -0.4 is 0 Å². The number of carbonyl (C=O) groups is 4. The number of phosphoric ester groups is 2. The summed E-state index contributed by atoms with van der Waals surface area (Å²) >= 11 is 0. The van der Waals surface area contributed by atoms with E-state index in [-0.39, 0.29) is 25.7 Å². The number of unbranched alkanes of at least 4 members (excludes halogenated alkanes) is 53. The van der Waals surface area contributed by atoms with Gasteiger partial charge in [0, 0.05) is 25.7 Å². The van der Waals surface area contributed by atoms with Crippen LogP contribution in [0.3, 0.4) is 0 Å². The molecule has 0 saturated carbocycles. The Morgan fingerprint density at radius 3 is 0.660 bits per heavy atom. The maximum atomic E-state index is 13.1. The fourth-order valence-electron chi connectivity index (χ4n) is 13.1. The molecule has 0 aromatic rings. The largest absolute Gasteiger partial charge is 0.472 e. The number of hydrogen-bond donors (Lipinski definition) is 3. The molecule has 612 valence electrons. The highest BCUT2D eigenvalue weighted by atomic mass is 31.2. The first-order chi connectivity index (χ1) is 49.9. The fraction of sp³-hybridized carbons (Fsp3) is 0.952. The first-order valence-corrected chi connectivity index (χ1v) is 46.5. The molecule has 103 heavy (non-hydrogen) atoms. The zero-order valence-electron chi connectivity index (χ0n) is 67.6. The maximum Gasteiger partial charge on any atom is 0.472 e. The van der Waals surface area contributed by atoms with Gasteiger partial charge >= 0.3 is 39.5 Å². The van der Waals surface area contributed by atoms with Gasteiger partial charge in [-0.3, -0.25) is 37.3 Å². The number of hydrogen-bond acceptors (Lipinski definition) is 15. The van der Waals surface area contributed by atoms with Crippen molar-refractivity contribution in [1.29, 1.82) is 0 Å². The smallest absolute Gasteiger partial charge is 0.462 e. The lowest BCUT2D eigenvalue weighted by Gasteiger charge is -2.21. The van der Waals surface area contributed by atoms with Gasteiger partial charge in [0.1, 0.15) is 19.3 Å². The van der Waals surface area contributed by atoms with Crippen molar-refractivity contribution in [3.05, 3.63) is 0 Å². The number of phosphoric acid groups is 2. The molecule has 0 amide bonds. The van der Waals surface area contributed by atoms with E-state index < -0.39 is 97.5 Å². The highest BCUT2D eigenvalue weighted by molar-refractivity contribution is 7.47. The van der Waals surface area contributed by atoms with Crippen LogP contribution in [0.25, 0.3) is 0 Å². The number of rotatable bonds is 83. The Hall–Kier alpha value is -1.94. The molecule has 0 aliphatic rings. The van der Waals surface area contributed by atoms with Gasteiger partial charge in [-0.1, -0.05) is 395 Å². The third-order valence-corrected chi connectivity index (χ3v) is 21.6. The summed E-state index contributed by atoms with van der Waals surface area (Å²) in [7, 11) is -9.92. The molecule has 5 atom stereocenters. The van der Waals surface area contributed by atoms with Crippen LogP contribution in [0.15, 0.2) is 0 Å². The quantitative estimate of drug-likeness (QED) is 0.0222. The molecular weight excluding hydrogens is 1340 g/mol. The van der Waals surface area contributed by atoms with Crippen molar-refractivity contribution in [2.24, 2.45) is 11.8 Å². The number of carbonyl (C=O) groups excluding carboxylic acids is 4. The Kier molecular flexibility index (Phi) is 74.1. The van der Waals surface area contributed by atoms with Crippen LogP contribution in [0.4, 0.5) is 0 Å². The summed E-state index contributed by atoms with van der Waals surface area (Å²) < 4.78 is 68.7. The highest BCUT2D eigenvalue weighted by Crippen LogP contribution is 2.45. The summed E-state index contributed by atoms with van der Waals surface area (Å²) in [6.45, 7) is 9.64.